The standard InChI is InChI=1S/C12H22N2O2/c15-12(11-5-4-6-11)13-16-10-9-14-7-2-1-3-8-14/h11H,1-10H2,(H,13,15). The number of carbonyl (C=O) groups is 1. The second kappa shape index (κ2) is 6.21. The summed E-state index contributed by atoms with van der Waals surface area (Å²) in [5.41, 5.74) is 2.56. The number of amides is 1. The Morgan fingerprint density at radius 1 is 1.19 bits per heavy atom. The number of piperidine rings is 1. The minimum Gasteiger partial charge on any atom is -0.301 e. The number of likely N-dealkylation sites (tertiary alicyclic amines) is 1. The predicted molar refractivity (Wildman–Crippen MR) is 61.7 cm³/mol. The molecule has 1 saturated heterocycles. The molecule has 4 heteroatoms. The van der Waals surface area contributed by atoms with E-state index in [9.17, 15) is 4.79 Å². The van der Waals surface area contributed by atoms with Gasteiger partial charge in [-0.1, -0.05) is 12.8 Å². The summed E-state index contributed by atoms with van der Waals surface area (Å²) < 4.78 is 0. The van der Waals surface area contributed by atoms with Crippen molar-refractivity contribution in [1.82, 2.24) is 10.4 Å². The number of hydrogen-bond donors (Lipinski definition) is 1. The van der Waals surface area contributed by atoms with E-state index in [1.165, 1.54) is 38.8 Å². The van der Waals surface area contributed by atoms with Gasteiger partial charge in [0.2, 0.25) is 5.91 Å². The van der Waals surface area contributed by atoms with Crippen molar-refractivity contribution in [2.45, 2.75) is 38.5 Å². The molecule has 0 atom stereocenters. The van der Waals surface area contributed by atoms with Crippen LogP contribution in [-0.2, 0) is 9.63 Å². The molecule has 1 aliphatic heterocycles. The van der Waals surface area contributed by atoms with Crippen molar-refractivity contribution in [3.05, 3.63) is 0 Å². The second-order valence-electron chi connectivity index (χ2n) is 4.84. The first-order valence-corrected chi connectivity index (χ1v) is 6.50. The van der Waals surface area contributed by atoms with E-state index in [0.717, 1.165) is 19.4 Å². The van der Waals surface area contributed by atoms with Crippen LogP contribution >= 0.6 is 0 Å². The molecule has 0 spiro atoms. The van der Waals surface area contributed by atoms with Gasteiger partial charge in [-0.3, -0.25) is 9.63 Å². The molecule has 0 aromatic heterocycles. The molecule has 0 aromatic rings. The zero-order valence-electron chi connectivity index (χ0n) is 9.91. The molecule has 0 bridgehead atoms. The van der Waals surface area contributed by atoms with Crippen LogP contribution < -0.4 is 5.48 Å². The zero-order chi connectivity index (χ0) is 11.2. The number of nitrogens with one attached hydrogen (secondary N) is 1. The number of rotatable bonds is 5. The number of hydroxylamine groups is 1. The molecule has 2 rings (SSSR count). The van der Waals surface area contributed by atoms with Crippen molar-refractivity contribution in [3.8, 4) is 0 Å². The van der Waals surface area contributed by atoms with Crippen LogP contribution in [0.2, 0.25) is 0 Å². The minimum absolute atomic E-state index is 0.0740. The fourth-order valence-corrected chi connectivity index (χ4v) is 2.23. The molecule has 2 fully saturated rings. The van der Waals surface area contributed by atoms with Gasteiger partial charge >= 0.3 is 0 Å². The third kappa shape index (κ3) is 3.46. The molecule has 0 radical (unpaired) electrons. The van der Waals surface area contributed by atoms with Crippen molar-refractivity contribution in [2.24, 2.45) is 5.92 Å². The highest BCUT2D eigenvalue weighted by atomic mass is 16.7. The van der Waals surface area contributed by atoms with E-state index in [1.807, 2.05) is 0 Å². The fourth-order valence-electron chi connectivity index (χ4n) is 2.23. The SMILES string of the molecule is O=C(NOCCN1CCCCC1)C1CCC1. The normalized spacial score (nSPS) is 22.8. The van der Waals surface area contributed by atoms with Crippen LogP contribution in [0.25, 0.3) is 0 Å². The summed E-state index contributed by atoms with van der Waals surface area (Å²) in [6.45, 7) is 3.91. The molecule has 16 heavy (non-hydrogen) atoms. The average molecular weight is 226 g/mol. The zero-order valence-corrected chi connectivity index (χ0v) is 9.91. The van der Waals surface area contributed by atoms with Crippen molar-refractivity contribution in [2.75, 3.05) is 26.2 Å². The maximum absolute atomic E-state index is 11.4. The summed E-state index contributed by atoms with van der Waals surface area (Å²) in [6.07, 6.45) is 7.20. The fraction of sp³-hybridized carbons (Fsp3) is 0.917. The molecule has 2 aliphatic rings. The van der Waals surface area contributed by atoms with Crippen molar-refractivity contribution >= 4 is 5.91 Å². The Balaban J connectivity index is 1.49. The molecular formula is C12H22N2O2. The van der Waals surface area contributed by atoms with Gasteiger partial charge in [0.05, 0.1) is 6.61 Å². The Bertz CT molecular complexity index is 223. The van der Waals surface area contributed by atoms with Crippen LogP contribution in [0.5, 0.6) is 0 Å². The second-order valence-corrected chi connectivity index (χ2v) is 4.84. The molecule has 1 amide bonds. The smallest absolute Gasteiger partial charge is 0.246 e. The Kier molecular flexibility index (Phi) is 4.60. The molecule has 0 aromatic carbocycles. The van der Waals surface area contributed by atoms with Crippen molar-refractivity contribution in [1.29, 1.82) is 0 Å². The monoisotopic (exact) mass is 226 g/mol. The summed E-state index contributed by atoms with van der Waals surface area (Å²) in [5.74, 6) is 0.292. The summed E-state index contributed by atoms with van der Waals surface area (Å²) >= 11 is 0. The third-order valence-corrected chi connectivity index (χ3v) is 3.61. The third-order valence-electron chi connectivity index (χ3n) is 3.61. The van der Waals surface area contributed by atoms with Gasteiger partial charge in [0.25, 0.3) is 0 Å². The van der Waals surface area contributed by atoms with E-state index in [1.54, 1.807) is 0 Å². The predicted octanol–water partition coefficient (Wildman–Crippen LogP) is 1.32. The molecule has 4 nitrogen and oxygen atoms in total. The molecule has 1 aliphatic carbocycles. The summed E-state index contributed by atoms with van der Waals surface area (Å²) in [6, 6.07) is 0. The van der Waals surface area contributed by atoms with E-state index >= 15 is 0 Å². The van der Waals surface area contributed by atoms with Crippen LogP contribution in [-0.4, -0.2) is 37.0 Å². The van der Waals surface area contributed by atoms with Gasteiger partial charge in [-0.25, -0.2) is 5.48 Å². The van der Waals surface area contributed by atoms with Gasteiger partial charge in [0.15, 0.2) is 0 Å². The maximum Gasteiger partial charge on any atom is 0.246 e. The first-order valence-electron chi connectivity index (χ1n) is 6.50. The van der Waals surface area contributed by atoms with Crippen LogP contribution in [0.4, 0.5) is 0 Å². The van der Waals surface area contributed by atoms with Gasteiger partial charge in [-0.2, -0.15) is 0 Å². The maximum atomic E-state index is 11.4. The van der Waals surface area contributed by atoms with Gasteiger partial charge in [-0.15, -0.1) is 0 Å². The van der Waals surface area contributed by atoms with Gasteiger partial charge < -0.3 is 4.90 Å². The summed E-state index contributed by atoms with van der Waals surface area (Å²) in [5, 5.41) is 0. The Morgan fingerprint density at radius 2 is 1.94 bits per heavy atom. The minimum atomic E-state index is 0.0740. The highest BCUT2D eigenvalue weighted by Crippen LogP contribution is 2.26. The van der Waals surface area contributed by atoms with E-state index in [4.69, 9.17) is 4.84 Å². The molecule has 0 unspecified atom stereocenters. The van der Waals surface area contributed by atoms with Crippen LogP contribution in [0.1, 0.15) is 38.5 Å². The number of hydrogen-bond acceptors (Lipinski definition) is 3. The lowest BCUT2D eigenvalue weighted by Gasteiger charge is -2.26. The Morgan fingerprint density at radius 3 is 2.56 bits per heavy atom. The highest BCUT2D eigenvalue weighted by Gasteiger charge is 2.25. The number of nitrogens with zero attached hydrogens (tertiary/aromatic N) is 1. The van der Waals surface area contributed by atoms with E-state index in [0.29, 0.717) is 6.61 Å². The van der Waals surface area contributed by atoms with Crippen molar-refractivity contribution < 1.29 is 9.63 Å². The van der Waals surface area contributed by atoms with E-state index in [2.05, 4.69) is 10.4 Å². The summed E-state index contributed by atoms with van der Waals surface area (Å²) in [7, 11) is 0. The molecule has 1 N–H and O–H groups in total. The van der Waals surface area contributed by atoms with Gasteiger partial charge in [0, 0.05) is 12.5 Å². The van der Waals surface area contributed by atoms with E-state index in [-0.39, 0.29) is 11.8 Å². The van der Waals surface area contributed by atoms with Gasteiger partial charge in [-0.05, 0) is 38.8 Å². The van der Waals surface area contributed by atoms with Crippen LogP contribution in [0, 0.1) is 5.92 Å². The lowest BCUT2D eigenvalue weighted by atomic mass is 9.85. The Hall–Kier alpha value is -0.610. The highest BCUT2D eigenvalue weighted by molar-refractivity contribution is 5.78. The molecule has 1 heterocycles. The van der Waals surface area contributed by atoms with Crippen LogP contribution in [0.15, 0.2) is 0 Å². The van der Waals surface area contributed by atoms with Gasteiger partial charge in [0.1, 0.15) is 0 Å². The number of carbonyl (C=O) groups excluding carboxylic acids is 1. The first kappa shape index (κ1) is 11.9. The summed E-state index contributed by atoms with van der Waals surface area (Å²) in [4.78, 5) is 19.0. The molecule has 92 valence electrons. The lowest BCUT2D eigenvalue weighted by Crippen LogP contribution is -2.38. The molecular weight excluding hydrogens is 204 g/mol. The van der Waals surface area contributed by atoms with E-state index < -0.39 is 0 Å². The van der Waals surface area contributed by atoms with Crippen molar-refractivity contribution in [3.63, 3.8) is 0 Å². The first-order chi connectivity index (χ1) is 7.86. The lowest BCUT2D eigenvalue weighted by molar-refractivity contribution is -0.140. The largest absolute Gasteiger partial charge is 0.301 e. The molecule has 1 saturated carbocycles. The quantitative estimate of drug-likeness (QED) is 0.568. The topological polar surface area (TPSA) is 41.6 Å². The van der Waals surface area contributed by atoms with Crippen LogP contribution in [0.3, 0.4) is 0 Å². The average Bonchev–Trinajstić information content (AvgIpc) is 2.23. The Labute approximate surface area is 97.3 Å².